The monoisotopic (exact) mass is 376 g/mol. The predicted molar refractivity (Wildman–Crippen MR) is 109 cm³/mol. The highest BCUT2D eigenvalue weighted by molar-refractivity contribution is 5.96. The highest BCUT2D eigenvalue weighted by Crippen LogP contribution is 2.21. The van der Waals surface area contributed by atoms with E-state index in [1.165, 1.54) is 11.1 Å². The maximum atomic E-state index is 12.6. The maximum Gasteiger partial charge on any atom is 0.349 e. The molecular weight excluding hydrogens is 352 g/mol. The number of amides is 1. The zero-order chi connectivity index (χ0) is 19.5. The van der Waals surface area contributed by atoms with Gasteiger partial charge in [-0.1, -0.05) is 49.4 Å². The van der Waals surface area contributed by atoms with Crippen molar-refractivity contribution in [2.75, 3.05) is 13.1 Å². The third-order valence-electron chi connectivity index (χ3n) is 5.53. The van der Waals surface area contributed by atoms with Crippen LogP contribution in [0.5, 0.6) is 0 Å². The summed E-state index contributed by atoms with van der Waals surface area (Å²) < 4.78 is 5.28. The van der Waals surface area contributed by atoms with Crippen molar-refractivity contribution < 1.29 is 9.21 Å². The first-order valence-electron chi connectivity index (χ1n) is 9.77. The van der Waals surface area contributed by atoms with Crippen LogP contribution in [-0.4, -0.2) is 29.9 Å². The molecule has 0 spiro atoms. The molecule has 0 saturated carbocycles. The number of carbonyl (C=O) groups excluding carboxylic acids is 1. The Balaban J connectivity index is 1.45. The number of carbonyl (C=O) groups is 1. The van der Waals surface area contributed by atoms with Gasteiger partial charge in [0, 0.05) is 31.1 Å². The van der Waals surface area contributed by atoms with Gasteiger partial charge in [-0.25, -0.2) is 4.79 Å². The Hall–Kier alpha value is -2.92. The fourth-order valence-electron chi connectivity index (χ4n) is 3.89. The van der Waals surface area contributed by atoms with Gasteiger partial charge in [-0.15, -0.1) is 0 Å². The third kappa shape index (κ3) is 3.71. The van der Waals surface area contributed by atoms with Crippen LogP contribution in [0.4, 0.5) is 0 Å². The molecule has 4 rings (SSSR count). The minimum Gasteiger partial charge on any atom is -0.422 e. The molecule has 1 aromatic heterocycles. The van der Waals surface area contributed by atoms with Gasteiger partial charge in [0.25, 0.3) is 5.91 Å². The van der Waals surface area contributed by atoms with Gasteiger partial charge in [0.2, 0.25) is 0 Å². The van der Waals surface area contributed by atoms with E-state index in [1.54, 1.807) is 18.2 Å². The molecule has 1 unspecified atom stereocenters. The minimum atomic E-state index is -0.601. The molecule has 1 atom stereocenters. The van der Waals surface area contributed by atoms with Crippen LogP contribution >= 0.6 is 0 Å². The first kappa shape index (κ1) is 18.4. The zero-order valence-electron chi connectivity index (χ0n) is 16.0. The van der Waals surface area contributed by atoms with Gasteiger partial charge in [-0.3, -0.25) is 9.69 Å². The molecule has 5 nitrogen and oxygen atoms in total. The third-order valence-corrected chi connectivity index (χ3v) is 5.53. The average molecular weight is 376 g/mol. The van der Waals surface area contributed by atoms with Crippen molar-refractivity contribution in [2.24, 2.45) is 0 Å². The van der Waals surface area contributed by atoms with Crippen LogP contribution in [0.25, 0.3) is 11.0 Å². The Kier molecular flexibility index (Phi) is 5.26. The van der Waals surface area contributed by atoms with Gasteiger partial charge in [0.05, 0.1) is 0 Å². The van der Waals surface area contributed by atoms with Crippen molar-refractivity contribution in [1.29, 1.82) is 0 Å². The minimum absolute atomic E-state index is 0.0533. The number of benzene rings is 2. The zero-order valence-corrected chi connectivity index (χ0v) is 16.0. The van der Waals surface area contributed by atoms with E-state index in [0.717, 1.165) is 31.3 Å². The van der Waals surface area contributed by atoms with Crippen molar-refractivity contribution in [2.45, 2.75) is 32.4 Å². The lowest BCUT2D eigenvalue weighted by Gasteiger charge is -2.35. The summed E-state index contributed by atoms with van der Waals surface area (Å²) in [5.41, 5.74) is 2.70. The predicted octanol–water partition coefficient (Wildman–Crippen LogP) is 3.36. The molecule has 0 bridgehead atoms. The van der Waals surface area contributed by atoms with Gasteiger partial charge >= 0.3 is 5.63 Å². The molecule has 3 aromatic rings. The molecule has 0 saturated heterocycles. The Morgan fingerprint density at radius 2 is 1.89 bits per heavy atom. The molecule has 1 aliphatic rings. The van der Waals surface area contributed by atoms with Gasteiger partial charge in [-0.05, 0) is 36.1 Å². The van der Waals surface area contributed by atoms with E-state index >= 15 is 0 Å². The summed E-state index contributed by atoms with van der Waals surface area (Å²) in [6, 6.07) is 17.6. The Labute approximate surface area is 164 Å². The van der Waals surface area contributed by atoms with Crippen LogP contribution in [0.2, 0.25) is 0 Å². The van der Waals surface area contributed by atoms with E-state index in [-0.39, 0.29) is 17.5 Å². The molecule has 5 heteroatoms. The summed E-state index contributed by atoms with van der Waals surface area (Å²) in [5, 5.41) is 3.68. The highest BCUT2D eigenvalue weighted by atomic mass is 16.4. The smallest absolute Gasteiger partial charge is 0.349 e. The van der Waals surface area contributed by atoms with Gasteiger partial charge in [-0.2, -0.15) is 0 Å². The number of fused-ring (bicyclic) bond motifs is 2. The van der Waals surface area contributed by atoms with E-state index in [2.05, 4.69) is 41.4 Å². The summed E-state index contributed by atoms with van der Waals surface area (Å²) in [5.74, 6) is -0.379. The number of nitrogens with zero attached hydrogens (tertiary/aromatic N) is 1. The van der Waals surface area contributed by atoms with Crippen LogP contribution in [0.15, 0.2) is 63.8 Å². The second kappa shape index (κ2) is 7.98. The summed E-state index contributed by atoms with van der Waals surface area (Å²) in [6.45, 7) is 4.50. The lowest BCUT2D eigenvalue weighted by molar-refractivity contribution is 0.0922. The first-order chi connectivity index (χ1) is 13.7. The second-order valence-electron chi connectivity index (χ2n) is 7.25. The standard InChI is InChI=1S/C23H24N2O3/c1-2-19(25-12-11-16-7-3-4-9-18(16)15-25)14-24-22(26)20-13-17-8-5-6-10-21(17)28-23(20)27/h3-10,13,19H,2,11-12,14-15H2,1H3,(H,24,26). The van der Waals surface area contributed by atoms with E-state index < -0.39 is 5.63 Å². The van der Waals surface area contributed by atoms with Crippen LogP contribution < -0.4 is 10.9 Å². The molecular formula is C23H24N2O3. The van der Waals surface area contributed by atoms with Crippen molar-refractivity contribution in [3.05, 3.63) is 81.7 Å². The molecule has 1 aliphatic heterocycles. The average Bonchev–Trinajstić information content (AvgIpc) is 2.73. The van der Waals surface area contributed by atoms with Crippen molar-refractivity contribution >= 4 is 16.9 Å². The molecule has 0 aliphatic carbocycles. The first-order valence-corrected chi connectivity index (χ1v) is 9.77. The molecule has 144 valence electrons. The topological polar surface area (TPSA) is 62.6 Å². The van der Waals surface area contributed by atoms with Crippen molar-refractivity contribution in [3.63, 3.8) is 0 Å². The Morgan fingerprint density at radius 1 is 1.14 bits per heavy atom. The summed E-state index contributed by atoms with van der Waals surface area (Å²) in [7, 11) is 0. The maximum absolute atomic E-state index is 12.6. The van der Waals surface area contributed by atoms with Crippen LogP contribution in [0.3, 0.4) is 0 Å². The van der Waals surface area contributed by atoms with E-state index in [4.69, 9.17) is 4.42 Å². The number of hydrogen-bond acceptors (Lipinski definition) is 4. The Morgan fingerprint density at radius 3 is 2.71 bits per heavy atom. The molecule has 2 heterocycles. The second-order valence-corrected chi connectivity index (χ2v) is 7.25. The lowest BCUT2D eigenvalue weighted by Crippen LogP contribution is -2.46. The number of rotatable bonds is 5. The van der Waals surface area contributed by atoms with Crippen molar-refractivity contribution in [1.82, 2.24) is 10.2 Å². The summed E-state index contributed by atoms with van der Waals surface area (Å²) in [4.78, 5) is 27.2. The molecule has 1 amide bonds. The van der Waals surface area contributed by atoms with Crippen molar-refractivity contribution in [3.8, 4) is 0 Å². The lowest BCUT2D eigenvalue weighted by atomic mass is 9.98. The number of hydrogen-bond donors (Lipinski definition) is 1. The fraction of sp³-hybridized carbons (Fsp3) is 0.304. The molecule has 1 N–H and O–H groups in total. The molecule has 2 aromatic carbocycles. The molecule has 0 radical (unpaired) electrons. The summed E-state index contributed by atoms with van der Waals surface area (Å²) in [6.07, 6.45) is 1.95. The SMILES string of the molecule is CCC(CNC(=O)c1cc2ccccc2oc1=O)N1CCc2ccccc2C1. The number of para-hydroxylation sites is 1. The van der Waals surface area contributed by atoms with Gasteiger partial charge in [0.1, 0.15) is 11.1 Å². The highest BCUT2D eigenvalue weighted by Gasteiger charge is 2.23. The Bertz CT molecular complexity index is 1060. The number of nitrogens with one attached hydrogen (secondary N) is 1. The van der Waals surface area contributed by atoms with E-state index in [0.29, 0.717) is 12.1 Å². The van der Waals surface area contributed by atoms with Crippen LogP contribution in [0, 0.1) is 0 Å². The largest absolute Gasteiger partial charge is 0.422 e. The van der Waals surface area contributed by atoms with Crippen LogP contribution in [-0.2, 0) is 13.0 Å². The summed E-state index contributed by atoms with van der Waals surface area (Å²) >= 11 is 0. The normalized spacial score (nSPS) is 15.2. The fourth-order valence-corrected chi connectivity index (χ4v) is 3.89. The van der Waals surface area contributed by atoms with Crippen LogP contribution in [0.1, 0.15) is 34.8 Å². The molecule has 0 fully saturated rings. The van der Waals surface area contributed by atoms with Gasteiger partial charge in [0.15, 0.2) is 0 Å². The van der Waals surface area contributed by atoms with Gasteiger partial charge < -0.3 is 9.73 Å². The molecule has 28 heavy (non-hydrogen) atoms. The van der Waals surface area contributed by atoms with E-state index in [1.807, 2.05) is 12.1 Å². The quantitative estimate of drug-likeness (QED) is 0.694. The van der Waals surface area contributed by atoms with E-state index in [9.17, 15) is 9.59 Å².